The van der Waals surface area contributed by atoms with Crippen molar-refractivity contribution in [2.75, 3.05) is 7.11 Å². The van der Waals surface area contributed by atoms with Gasteiger partial charge in [0, 0.05) is 6.04 Å². The van der Waals surface area contributed by atoms with Gasteiger partial charge in [0.1, 0.15) is 5.82 Å². The van der Waals surface area contributed by atoms with Gasteiger partial charge in [0.15, 0.2) is 0 Å². The van der Waals surface area contributed by atoms with Gasteiger partial charge >= 0.3 is 12.1 Å². The van der Waals surface area contributed by atoms with E-state index < -0.39 is 29.6 Å². The van der Waals surface area contributed by atoms with Crippen molar-refractivity contribution in [1.29, 1.82) is 0 Å². The molecule has 19 heavy (non-hydrogen) atoms. The number of nitrogens with two attached hydrogens (primary N) is 1. The van der Waals surface area contributed by atoms with Gasteiger partial charge in [-0.3, -0.25) is 4.79 Å². The Morgan fingerprint density at radius 1 is 1.42 bits per heavy atom. The maximum absolute atomic E-state index is 13.2. The second kappa shape index (κ2) is 6.72. The van der Waals surface area contributed by atoms with Crippen LogP contribution in [0.25, 0.3) is 0 Å². The zero-order valence-corrected chi connectivity index (χ0v) is 10.6. The van der Waals surface area contributed by atoms with E-state index in [0.717, 1.165) is 13.2 Å². The molecule has 1 unspecified atom stereocenters. The molecule has 1 aromatic rings. The summed E-state index contributed by atoms with van der Waals surface area (Å²) >= 11 is 0. The molecule has 1 rings (SSSR count). The molecule has 0 aliphatic rings. The highest BCUT2D eigenvalue weighted by Crippen LogP contribution is 2.32. The Hall–Kier alpha value is -1.34. The van der Waals surface area contributed by atoms with Gasteiger partial charge in [0.2, 0.25) is 0 Å². The molecule has 1 aromatic carbocycles. The molecule has 2 N–H and O–H groups in total. The van der Waals surface area contributed by atoms with Crippen LogP contribution in [0.3, 0.4) is 0 Å². The Kier molecular flexibility index (Phi) is 6.24. The quantitative estimate of drug-likeness (QED) is 0.690. The Morgan fingerprint density at radius 3 is 2.42 bits per heavy atom. The van der Waals surface area contributed by atoms with Gasteiger partial charge in [-0.1, -0.05) is 6.07 Å². The number of alkyl halides is 3. The lowest BCUT2D eigenvalue weighted by Crippen LogP contribution is -2.17. The summed E-state index contributed by atoms with van der Waals surface area (Å²) in [5.41, 5.74) is 4.29. The zero-order valence-electron chi connectivity index (χ0n) is 9.83. The van der Waals surface area contributed by atoms with Crippen molar-refractivity contribution in [2.45, 2.75) is 18.6 Å². The molecule has 0 bridgehead atoms. The van der Waals surface area contributed by atoms with Gasteiger partial charge in [-0.05, 0) is 17.7 Å². The van der Waals surface area contributed by atoms with Crippen molar-refractivity contribution < 1.29 is 27.1 Å². The van der Waals surface area contributed by atoms with E-state index in [1.54, 1.807) is 0 Å². The third-order valence-electron chi connectivity index (χ3n) is 2.34. The Balaban J connectivity index is 0.00000324. The van der Waals surface area contributed by atoms with Gasteiger partial charge in [0.05, 0.1) is 19.1 Å². The van der Waals surface area contributed by atoms with Crippen LogP contribution in [0.1, 0.15) is 23.6 Å². The zero-order chi connectivity index (χ0) is 13.9. The molecular weight excluding hydrogens is 290 g/mol. The van der Waals surface area contributed by atoms with Gasteiger partial charge < -0.3 is 10.5 Å². The fourth-order valence-corrected chi connectivity index (χ4v) is 1.37. The number of hydrogen-bond acceptors (Lipinski definition) is 3. The average molecular weight is 302 g/mol. The Bertz CT molecular complexity index is 451. The lowest BCUT2D eigenvalue weighted by Gasteiger charge is -2.13. The van der Waals surface area contributed by atoms with E-state index in [1.165, 1.54) is 0 Å². The van der Waals surface area contributed by atoms with Crippen LogP contribution in [0, 0.1) is 5.82 Å². The molecule has 0 aliphatic heterocycles. The maximum atomic E-state index is 13.2. The van der Waals surface area contributed by atoms with Crippen molar-refractivity contribution in [3.8, 4) is 0 Å². The fourth-order valence-electron chi connectivity index (χ4n) is 1.37. The lowest BCUT2D eigenvalue weighted by atomic mass is 10.0. The first-order chi connectivity index (χ1) is 8.25. The molecule has 0 amide bonds. The molecule has 0 radical (unpaired) electrons. The van der Waals surface area contributed by atoms with Crippen molar-refractivity contribution in [3.05, 3.63) is 35.1 Å². The summed E-state index contributed by atoms with van der Waals surface area (Å²) in [5, 5.41) is 0. The van der Waals surface area contributed by atoms with E-state index in [2.05, 4.69) is 4.74 Å². The first-order valence-corrected chi connectivity index (χ1v) is 4.94. The number of esters is 1. The standard InChI is InChI=1S/C11H11F4NO2.ClH/c1-18-10(17)5-9(16)6-2-3-7(8(12)4-6)11(13,14)15;/h2-4,9H,5,16H2,1H3;1H. The van der Waals surface area contributed by atoms with E-state index in [0.29, 0.717) is 12.1 Å². The SMILES string of the molecule is COC(=O)CC(N)c1ccc(C(F)(F)F)c(F)c1.Cl. The van der Waals surface area contributed by atoms with Crippen LogP contribution in [0.4, 0.5) is 17.6 Å². The Labute approximate surface area is 113 Å². The van der Waals surface area contributed by atoms with Crippen molar-refractivity contribution in [3.63, 3.8) is 0 Å². The van der Waals surface area contributed by atoms with E-state index in [4.69, 9.17) is 5.73 Å². The molecule has 0 fully saturated rings. The van der Waals surface area contributed by atoms with Gasteiger partial charge in [-0.2, -0.15) is 13.2 Å². The topological polar surface area (TPSA) is 52.3 Å². The molecule has 108 valence electrons. The van der Waals surface area contributed by atoms with Gasteiger partial charge in [-0.15, -0.1) is 12.4 Å². The molecule has 0 aromatic heterocycles. The van der Waals surface area contributed by atoms with Crippen LogP contribution < -0.4 is 5.73 Å². The maximum Gasteiger partial charge on any atom is 0.419 e. The smallest absolute Gasteiger partial charge is 0.419 e. The average Bonchev–Trinajstić information content (AvgIpc) is 2.26. The summed E-state index contributed by atoms with van der Waals surface area (Å²) in [7, 11) is 1.16. The first-order valence-electron chi connectivity index (χ1n) is 4.94. The second-order valence-corrected chi connectivity index (χ2v) is 3.62. The molecule has 3 nitrogen and oxygen atoms in total. The summed E-state index contributed by atoms with van der Waals surface area (Å²) in [6.45, 7) is 0. The molecule has 1 atom stereocenters. The van der Waals surface area contributed by atoms with Crippen molar-refractivity contribution >= 4 is 18.4 Å². The minimum atomic E-state index is -4.75. The summed E-state index contributed by atoms with van der Waals surface area (Å²) < 4.78 is 54.5. The molecule has 0 spiro atoms. The number of carbonyl (C=O) groups is 1. The van der Waals surface area contributed by atoms with E-state index in [9.17, 15) is 22.4 Å². The monoisotopic (exact) mass is 301 g/mol. The number of methoxy groups -OCH3 is 1. The third kappa shape index (κ3) is 4.68. The van der Waals surface area contributed by atoms with Crippen molar-refractivity contribution in [2.24, 2.45) is 5.73 Å². The van der Waals surface area contributed by atoms with Gasteiger partial charge in [-0.25, -0.2) is 4.39 Å². The second-order valence-electron chi connectivity index (χ2n) is 3.62. The van der Waals surface area contributed by atoms with E-state index in [-0.39, 0.29) is 24.4 Å². The number of hydrogen-bond donors (Lipinski definition) is 1. The summed E-state index contributed by atoms with van der Waals surface area (Å²) in [6.07, 6.45) is -4.99. The number of benzene rings is 1. The molecule has 8 heteroatoms. The molecular formula is C11H12ClF4NO2. The van der Waals surface area contributed by atoms with Crippen molar-refractivity contribution in [1.82, 2.24) is 0 Å². The normalized spacial score (nSPS) is 12.5. The summed E-state index contributed by atoms with van der Waals surface area (Å²) in [5.74, 6) is -2.04. The van der Waals surface area contributed by atoms with Crippen LogP contribution in [-0.4, -0.2) is 13.1 Å². The van der Waals surface area contributed by atoms with E-state index >= 15 is 0 Å². The molecule has 0 saturated heterocycles. The van der Waals surface area contributed by atoms with Crippen LogP contribution in [0.15, 0.2) is 18.2 Å². The summed E-state index contributed by atoms with van der Waals surface area (Å²) in [6, 6.07) is 1.41. The van der Waals surface area contributed by atoms with E-state index in [1.807, 2.05) is 0 Å². The molecule has 0 saturated carbocycles. The van der Waals surface area contributed by atoms with Crippen LogP contribution in [0.2, 0.25) is 0 Å². The predicted octanol–water partition coefficient (Wildman–Crippen LogP) is 2.83. The van der Waals surface area contributed by atoms with Crippen LogP contribution >= 0.6 is 12.4 Å². The largest absolute Gasteiger partial charge is 0.469 e. The number of rotatable bonds is 3. The first kappa shape index (κ1) is 17.7. The lowest BCUT2D eigenvalue weighted by molar-refractivity contribution is -0.141. The number of ether oxygens (including phenoxy) is 1. The van der Waals surface area contributed by atoms with Crippen LogP contribution in [-0.2, 0) is 15.7 Å². The number of halogens is 5. The fraction of sp³-hybridized carbons (Fsp3) is 0.364. The highest BCUT2D eigenvalue weighted by Gasteiger charge is 2.34. The van der Waals surface area contributed by atoms with Crippen LogP contribution in [0.5, 0.6) is 0 Å². The molecule has 0 aliphatic carbocycles. The third-order valence-corrected chi connectivity index (χ3v) is 2.34. The highest BCUT2D eigenvalue weighted by molar-refractivity contribution is 5.85. The minimum absolute atomic E-state index is 0. The molecule has 0 heterocycles. The highest BCUT2D eigenvalue weighted by atomic mass is 35.5. The summed E-state index contributed by atoms with van der Waals surface area (Å²) in [4.78, 5) is 10.9. The minimum Gasteiger partial charge on any atom is -0.469 e. The Morgan fingerprint density at radius 2 is 2.00 bits per heavy atom. The predicted molar refractivity (Wildman–Crippen MR) is 62.2 cm³/mol. The number of carbonyl (C=O) groups excluding carboxylic acids is 1. The van der Waals surface area contributed by atoms with Gasteiger partial charge in [0.25, 0.3) is 0 Å².